The van der Waals surface area contributed by atoms with Crippen LogP contribution in [0.5, 0.6) is 5.75 Å². The van der Waals surface area contributed by atoms with Gasteiger partial charge in [-0.2, -0.15) is 0 Å². The van der Waals surface area contributed by atoms with Gasteiger partial charge >= 0.3 is 6.09 Å². The molecule has 1 amide bonds. The van der Waals surface area contributed by atoms with Crippen molar-refractivity contribution in [1.82, 2.24) is 15.1 Å². The smallest absolute Gasteiger partial charge is 0.410 e. The molecule has 2 aromatic rings. The lowest BCUT2D eigenvalue weighted by molar-refractivity contribution is 0.203. The minimum Gasteiger partial charge on any atom is -0.410 e. The molecule has 0 saturated carbocycles. The van der Waals surface area contributed by atoms with Crippen molar-refractivity contribution < 1.29 is 9.53 Å². The van der Waals surface area contributed by atoms with Gasteiger partial charge < -0.3 is 19.9 Å². The van der Waals surface area contributed by atoms with Crippen LogP contribution in [-0.2, 0) is 0 Å². The van der Waals surface area contributed by atoms with Gasteiger partial charge in [0, 0.05) is 40.3 Å². The fraction of sp³-hybridized carbons (Fsp3) is 0.318. The number of benzene rings is 2. The number of amides is 1. The number of rotatable bonds is 5. The fourth-order valence-electron chi connectivity index (χ4n) is 2.11. The van der Waals surface area contributed by atoms with E-state index >= 15 is 0 Å². The fourth-order valence-corrected chi connectivity index (χ4v) is 2.34. The molecule has 0 aliphatic rings. The summed E-state index contributed by atoms with van der Waals surface area (Å²) in [6.07, 6.45) is 3.02. The molecular formula is C22H30ClN5O2. The zero-order valence-electron chi connectivity index (χ0n) is 18.6. The first-order valence-electron chi connectivity index (χ1n) is 9.30. The number of aliphatic imine (C=N–C) groups is 2. The highest BCUT2D eigenvalue weighted by Gasteiger charge is 2.03. The summed E-state index contributed by atoms with van der Waals surface area (Å²) in [5.41, 5.74) is 3.84. The second kappa shape index (κ2) is 12.5. The quantitative estimate of drug-likeness (QED) is 0.545. The van der Waals surface area contributed by atoms with Gasteiger partial charge in [-0.1, -0.05) is 11.6 Å². The number of halogens is 1. The second-order valence-electron chi connectivity index (χ2n) is 6.93. The van der Waals surface area contributed by atoms with Crippen LogP contribution in [0.15, 0.2) is 46.4 Å². The standard InChI is InChI=1S/C12H17N3O2.C10H13ClN2/c1-9-7-10(17-12(16)13-2)5-6-11(9)14-8-15(3)4;1-8-6-9(11)4-5-10(8)12-7-13(2)3/h5-8H,1-4H3,(H,13,16);4-7H,1-3H3. The van der Waals surface area contributed by atoms with E-state index in [1.807, 2.05) is 76.1 Å². The van der Waals surface area contributed by atoms with Crippen LogP contribution in [-0.4, -0.2) is 63.8 Å². The molecule has 0 aliphatic carbocycles. The number of ether oxygens (including phenoxy) is 1. The first-order valence-corrected chi connectivity index (χ1v) is 9.67. The Kier molecular flexibility index (Phi) is 10.4. The van der Waals surface area contributed by atoms with E-state index in [4.69, 9.17) is 16.3 Å². The first-order chi connectivity index (χ1) is 14.1. The Morgan fingerprint density at radius 2 is 1.43 bits per heavy atom. The summed E-state index contributed by atoms with van der Waals surface area (Å²) in [4.78, 5) is 23.4. The Labute approximate surface area is 184 Å². The summed E-state index contributed by atoms with van der Waals surface area (Å²) in [6, 6.07) is 11.0. The van der Waals surface area contributed by atoms with Crippen molar-refractivity contribution in [3.63, 3.8) is 0 Å². The van der Waals surface area contributed by atoms with E-state index in [0.717, 1.165) is 27.5 Å². The highest BCUT2D eigenvalue weighted by atomic mass is 35.5. The highest BCUT2D eigenvalue weighted by Crippen LogP contribution is 2.23. The Morgan fingerprint density at radius 3 is 1.87 bits per heavy atom. The van der Waals surface area contributed by atoms with Crippen LogP contribution in [0.1, 0.15) is 11.1 Å². The molecule has 0 bridgehead atoms. The third-order valence-corrected chi connectivity index (χ3v) is 3.83. The maximum atomic E-state index is 11.0. The molecule has 0 aromatic heterocycles. The summed E-state index contributed by atoms with van der Waals surface area (Å²) < 4.78 is 5.01. The molecule has 0 aliphatic heterocycles. The van der Waals surface area contributed by atoms with Gasteiger partial charge in [-0.3, -0.25) is 0 Å². The molecule has 0 unspecified atom stereocenters. The number of hydrogen-bond acceptors (Lipinski definition) is 4. The van der Waals surface area contributed by atoms with E-state index in [1.165, 1.54) is 7.05 Å². The minimum absolute atomic E-state index is 0.478. The van der Waals surface area contributed by atoms with E-state index in [1.54, 1.807) is 24.8 Å². The molecular weight excluding hydrogens is 402 g/mol. The van der Waals surface area contributed by atoms with Gasteiger partial charge in [-0.15, -0.1) is 0 Å². The van der Waals surface area contributed by atoms with E-state index in [-0.39, 0.29) is 0 Å². The third kappa shape index (κ3) is 9.43. The molecule has 0 atom stereocenters. The summed E-state index contributed by atoms with van der Waals surface area (Å²) in [5, 5.41) is 3.14. The number of carbonyl (C=O) groups excluding carboxylic acids is 1. The Balaban J connectivity index is 0.000000311. The van der Waals surface area contributed by atoms with Crippen molar-refractivity contribution in [2.75, 3.05) is 35.2 Å². The van der Waals surface area contributed by atoms with Crippen molar-refractivity contribution in [2.24, 2.45) is 9.98 Å². The molecule has 2 aromatic carbocycles. The normalized spacial score (nSPS) is 10.5. The van der Waals surface area contributed by atoms with Gasteiger partial charge in [0.2, 0.25) is 0 Å². The van der Waals surface area contributed by atoms with Gasteiger partial charge in [-0.25, -0.2) is 14.8 Å². The zero-order valence-corrected chi connectivity index (χ0v) is 19.4. The SMILES string of the molecule is CNC(=O)Oc1ccc(N=CN(C)C)c(C)c1.Cc1cc(Cl)ccc1N=CN(C)C. The van der Waals surface area contributed by atoms with Crippen LogP contribution in [0.3, 0.4) is 0 Å². The molecule has 8 heteroatoms. The maximum absolute atomic E-state index is 11.0. The van der Waals surface area contributed by atoms with Gasteiger partial charge in [0.1, 0.15) is 5.75 Å². The number of carbonyl (C=O) groups is 1. The van der Waals surface area contributed by atoms with Crippen LogP contribution in [0.2, 0.25) is 5.02 Å². The van der Waals surface area contributed by atoms with Crippen molar-refractivity contribution in [2.45, 2.75) is 13.8 Å². The molecule has 2 rings (SSSR count). The van der Waals surface area contributed by atoms with Gasteiger partial charge in [0.05, 0.1) is 24.1 Å². The first kappa shape index (κ1) is 25.0. The predicted octanol–water partition coefficient (Wildman–Crippen LogP) is 4.80. The Hall–Kier alpha value is -3.06. The van der Waals surface area contributed by atoms with Crippen molar-refractivity contribution in [1.29, 1.82) is 0 Å². The summed E-state index contributed by atoms with van der Waals surface area (Å²) >= 11 is 5.82. The van der Waals surface area contributed by atoms with Crippen molar-refractivity contribution >= 4 is 41.7 Å². The molecule has 0 saturated heterocycles. The topological polar surface area (TPSA) is 69.5 Å². The molecule has 1 N–H and O–H groups in total. The molecule has 0 radical (unpaired) electrons. The number of nitrogens with zero attached hydrogens (tertiary/aromatic N) is 4. The Morgan fingerprint density at radius 1 is 0.933 bits per heavy atom. The van der Waals surface area contributed by atoms with E-state index < -0.39 is 6.09 Å². The molecule has 7 nitrogen and oxygen atoms in total. The van der Waals surface area contributed by atoms with E-state index in [0.29, 0.717) is 5.75 Å². The van der Waals surface area contributed by atoms with Crippen LogP contribution in [0.25, 0.3) is 0 Å². The minimum atomic E-state index is -0.478. The van der Waals surface area contributed by atoms with Gasteiger partial charge in [0.15, 0.2) is 0 Å². The van der Waals surface area contributed by atoms with Crippen LogP contribution in [0.4, 0.5) is 16.2 Å². The monoisotopic (exact) mass is 431 g/mol. The lowest BCUT2D eigenvalue weighted by Gasteiger charge is -2.07. The van der Waals surface area contributed by atoms with Crippen LogP contribution < -0.4 is 10.1 Å². The zero-order chi connectivity index (χ0) is 22.7. The summed E-state index contributed by atoms with van der Waals surface area (Å²) in [5.74, 6) is 0.505. The van der Waals surface area contributed by atoms with Gasteiger partial charge in [-0.05, 0) is 61.4 Å². The molecule has 0 spiro atoms. The predicted molar refractivity (Wildman–Crippen MR) is 126 cm³/mol. The van der Waals surface area contributed by atoms with Crippen molar-refractivity contribution in [3.8, 4) is 5.75 Å². The van der Waals surface area contributed by atoms with Crippen LogP contribution >= 0.6 is 11.6 Å². The molecule has 30 heavy (non-hydrogen) atoms. The van der Waals surface area contributed by atoms with Gasteiger partial charge in [0.25, 0.3) is 0 Å². The van der Waals surface area contributed by atoms with Crippen molar-refractivity contribution in [3.05, 3.63) is 52.5 Å². The number of nitrogens with one attached hydrogen (secondary N) is 1. The maximum Gasteiger partial charge on any atom is 0.412 e. The third-order valence-electron chi connectivity index (χ3n) is 3.60. The Bertz CT molecular complexity index is 895. The lowest BCUT2D eigenvalue weighted by Crippen LogP contribution is -2.21. The largest absolute Gasteiger partial charge is 0.412 e. The van der Waals surface area contributed by atoms with Crippen LogP contribution in [0, 0.1) is 13.8 Å². The highest BCUT2D eigenvalue weighted by molar-refractivity contribution is 6.30. The average Bonchev–Trinajstić information content (AvgIpc) is 2.66. The lowest BCUT2D eigenvalue weighted by atomic mass is 10.2. The average molecular weight is 432 g/mol. The summed E-state index contributed by atoms with van der Waals surface area (Å²) in [7, 11) is 9.21. The summed E-state index contributed by atoms with van der Waals surface area (Å²) in [6.45, 7) is 3.91. The molecule has 162 valence electrons. The molecule has 0 fully saturated rings. The molecule has 0 heterocycles. The second-order valence-corrected chi connectivity index (χ2v) is 7.37. The van der Waals surface area contributed by atoms with E-state index in [2.05, 4.69) is 15.3 Å². The van der Waals surface area contributed by atoms with E-state index in [9.17, 15) is 4.79 Å². The number of hydrogen-bond donors (Lipinski definition) is 1. The number of aryl methyl sites for hydroxylation is 2.